The van der Waals surface area contributed by atoms with Crippen LogP contribution in [0.25, 0.3) is 27.8 Å². The molecule has 1 aliphatic rings. The molecule has 0 unspecified atom stereocenters. The first kappa shape index (κ1) is 18.3. The number of nitrogens with zero attached hydrogens (tertiary/aromatic N) is 3. The van der Waals surface area contributed by atoms with Crippen LogP contribution in [0.15, 0.2) is 58.3 Å². The van der Waals surface area contributed by atoms with E-state index in [1.807, 2.05) is 60.2 Å². The fraction of sp³-hybridized carbons (Fsp3) is 0.217. The minimum atomic E-state index is -0.358. The Balaban J connectivity index is 1.91. The zero-order valence-corrected chi connectivity index (χ0v) is 17.0. The quantitative estimate of drug-likeness (QED) is 0.516. The van der Waals surface area contributed by atoms with Gasteiger partial charge in [-0.15, -0.1) is 0 Å². The molecule has 152 valence electrons. The van der Waals surface area contributed by atoms with E-state index in [2.05, 4.69) is 0 Å². The van der Waals surface area contributed by atoms with Gasteiger partial charge in [0.05, 0.1) is 16.6 Å². The average Bonchev–Trinajstić information content (AvgIpc) is 3.17. The molecule has 0 fully saturated rings. The molecule has 2 aromatic carbocycles. The molecule has 0 radical (unpaired) electrons. The van der Waals surface area contributed by atoms with Gasteiger partial charge < -0.3 is 14.0 Å². The lowest BCUT2D eigenvalue weighted by atomic mass is 10.0. The van der Waals surface area contributed by atoms with Gasteiger partial charge in [-0.1, -0.05) is 24.3 Å². The maximum Gasteiger partial charge on any atom is 0.330 e. The van der Waals surface area contributed by atoms with Crippen LogP contribution in [0.2, 0.25) is 0 Å². The Bertz CT molecular complexity index is 1430. The number of benzene rings is 2. The van der Waals surface area contributed by atoms with E-state index in [9.17, 15) is 9.59 Å². The van der Waals surface area contributed by atoms with E-state index < -0.39 is 0 Å². The van der Waals surface area contributed by atoms with Crippen molar-refractivity contribution in [3.63, 3.8) is 0 Å². The lowest BCUT2D eigenvalue weighted by molar-refractivity contribution is 0.171. The summed E-state index contributed by atoms with van der Waals surface area (Å²) in [5.74, 6) is 1.36. The van der Waals surface area contributed by atoms with Gasteiger partial charge >= 0.3 is 5.69 Å². The van der Waals surface area contributed by atoms with Crippen molar-refractivity contribution in [2.75, 3.05) is 13.2 Å². The molecule has 3 heterocycles. The number of rotatable bonds is 2. The van der Waals surface area contributed by atoms with Crippen molar-refractivity contribution in [2.24, 2.45) is 14.1 Å². The molecule has 7 nitrogen and oxygen atoms in total. The minimum Gasteiger partial charge on any atom is -0.486 e. The molecule has 0 saturated heterocycles. The van der Waals surface area contributed by atoms with Crippen LogP contribution in [0.1, 0.15) is 5.56 Å². The van der Waals surface area contributed by atoms with Crippen LogP contribution in [-0.4, -0.2) is 26.9 Å². The normalized spacial score (nSPS) is 13.0. The van der Waals surface area contributed by atoms with Crippen molar-refractivity contribution in [1.82, 2.24) is 13.7 Å². The Morgan fingerprint density at radius 3 is 2.40 bits per heavy atom. The monoisotopic (exact) mass is 403 g/mol. The second-order valence-electron chi connectivity index (χ2n) is 7.46. The summed E-state index contributed by atoms with van der Waals surface area (Å²) in [5.41, 5.74) is 3.44. The minimum absolute atomic E-state index is 0.317. The van der Waals surface area contributed by atoms with Crippen LogP contribution < -0.4 is 20.7 Å². The van der Waals surface area contributed by atoms with Crippen LogP contribution in [-0.2, 0) is 14.1 Å². The zero-order chi connectivity index (χ0) is 21.0. The van der Waals surface area contributed by atoms with Gasteiger partial charge in [0.25, 0.3) is 5.56 Å². The summed E-state index contributed by atoms with van der Waals surface area (Å²) in [5, 5.41) is 0.504. The van der Waals surface area contributed by atoms with Gasteiger partial charge in [0.1, 0.15) is 13.2 Å². The highest BCUT2D eigenvalue weighted by Crippen LogP contribution is 2.36. The maximum atomic E-state index is 13.2. The molecule has 0 saturated carbocycles. The van der Waals surface area contributed by atoms with Crippen molar-refractivity contribution in [3.8, 4) is 28.4 Å². The third kappa shape index (κ3) is 2.58. The van der Waals surface area contributed by atoms with Crippen molar-refractivity contribution >= 4 is 10.9 Å². The molecular weight excluding hydrogens is 382 g/mol. The molecular formula is C23H21N3O4. The van der Waals surface area contributed by atoms with Gasteiger partial charge in [-0.3, -0.25) is 13.9 Å². The molecule has 0 atom stereocenters. The first-order chi connectivity index (χ1) is 14.5. The second kappa shape index (κ2) is 6.66. The summed E-state index contributed by atoms with van der Waals surface area (Å²) in [7, 11) is 3.19. The van der Waals surface area contributed by atoms with Gasteiger partial charge in [0, 0.05) is 37.6 Å². The van der Waals surface area contributed by atoms with Gasteiger partial charge in [-0.2, -0.15) is 0 Å². The third-order valence-corrected chi connectivity index (χ3v) is 5.64. The zero-order valence-electron chi connectivity index (χ0n) is 17.0. The second-order valence-corrected chi connectivity index (χ2v) is 7.46. The number of aryl methyl sites for hydroxylation is 2. The smallest absolute Gasteiger partial charge is 0.330 e. The third-order valence-electron chi connectivity index (χ3n) is 5.64. The lowest BCUT2D eigenvalue weighted by Gasteiger charge is -2.20. The average molecular weight is 403 g/mol. The molecule has 0 bridgehead atoms. The fourth-order valence-corrected chi connectivity index (χ4v) is 4.03. The molecule has 7 heteroatoms. The summed E-state index contributed by atoms with van der Waals surface area (Å²) in [6.45, 7) is 3.02. The van der Waals surface area contributed by atoms with E-state index >= 15 is 0 Å². The molecule has 0 amide bonds. The Kier molecular flexibility index (Phi) is 4.06. The van der Waals surface area contributed by atoms with E-state index in [4.69, 9.17) is 9.47 Å². The summed E-state index contributed by atoms with van der Waals surface area (Å²) in [6, 6.07) is 13.6. The Hall–Kier alpha value is -3.74. The van der Waals surface area contributed by atoms with E-state index in [0.29, 0.717) is 35.6 Å². The number of aromatic nitrogens is 3. The molecule has 0 spiro atoms. The number of hydrogen-bond donors (Lipinski definition) is 0. The van der Waals surface area contributed by atoms with Crippen LogP contribution >= 0.6 is 0 Å². The van der Waals surface area contributed by atoms with E-state index in [1.165, 1.54) is 11.6 Å². The molecule has 2 aromatic heterocycles. The molecule has 5 rings (SSSR count). The molecule has 0 aliphatic carbocycles. The Morgan fingerprint density at radius 1 is 0.900 bits per heavy atom. The van der Waals surface area contributed by atoms with Gasteiger partial charge in [-0.05, 0) is 24.6 Å². The van der Waals surface area contributed by atoms with Gasteiger partial charge in [-0.25, -0.2) is 4.79 Å². The first-order valence-corrected chi connectivity index (χ1v) is 9.74. The predicted molar refractivity (Wildman–Crippen MR) is 115 cm³/mol. The van der Waals surface area contributed by atoms with E-state index in [1.54, 1.807) is 7.05 Å². The Labute approximate surface area is 172 Å². The number of fused-ring (bicyclic) bond motifs is 2. The van der Waals surface area contributed by atoms with Crippen molar-refractivity contribution in [2.45, 2.75) is 6.92 Å². The van der Waals surface area contributed by atoms with Crippen LogP contribution in [0.5, 0.6) is 11.5 Å². The lowest BCUT2D eigenvalue weighted by Crippen LogP contribution is -2.36. The van der Waals surface area contributed by atoms with Crippen molar-refractivity contribution in [1.29, 1.82) is 0 Å². The summed E-state index contributed by atoms with van der Waals surface area (Å²) in [6.07, 6.45) is 1.84. The first-order valence-electron chi connectivity index (χ1n) is 9.74. The molecule has 4 aromatic rings. The largest absolute Gasteiger partial charge is 0.486 e. The SMILES string of the molecule is Cc1ccccc1-c1c2c(=O)n(C)c(=O)n(C)c2cn1-c1ccc2c(c1)OCCO2. The van der Waals surface area contributed by atoms with Gasteiger partial charge in [0.2, 0.25) is 0 Å². The van der Waals surface area contributed by atoms with Crippen molar-refractivity contribution in [3.05, 3.63) is 75.1 Å². The maximum absolute atomic E-state index is 13.2. The van der Waals surface area contributed by atoms with Crippen LogP contribution in [0, 0.1) is 6.92 Å². The standard InChI is InChI=1S/C23H21N3O4/c1-14-6-4-5-7-16(14)21-20-17(24(2)23(28)25(3)22(20)27)13-26(21)15-8-9-18-19(12-15)30-11-10-29-18/h4-9,12-13H,10-11H2,1-3H3. The summed E-state index contributed by atoms with van der Waals surface area (Å²) < 4.78 is 16.0. The molecule has 1 aliphatic heterocycles. The number of hydrogen-bond acceptors (Lipinski definition) is 4. The number of ether oxygens (including phenoxy) is 2. The highest BCUT2D eigenvalue weighted by atomic mass is 16.6. The fourth-order valence-electron chi connectivity index (χ4n) is 4.03. The summed E-state index contributed by atoms with van der Waals surface area (Å²) >= 11 is 0. The van der Waals surface area contributed by atoms with Crippen molar-refractivity contribution < 1.29 is 9.47 Å². The topological polar surface area (TPSA) is 67.4 Å². The molecule has 30 heavy (non-hydrogen) atoms. The van der Waals surface area contributed by atoms with Gasteiger partial charge in [0.15, 0.2) is 11.5 Å². The van der Waals surface area contributed by atoms with Crippen LogP contribution in [0.4, 0.5) is 0 Å². The van der Waals surface area contributed by atoms with E-state index in [-0.39, 0.29) is 11.2 Å². The van der Waals surface area contributed by atoms with Crippen LogP contribution in [0.3, 0.4) is 0 Å². The summed E-state index contributed by atoms with van der Waals surface area (Å²) in [4.78, 5) is 25.7. The predicted octanol–water partition coefficient (Wildman–Crippen LogP) is 2.77. The molecule has 0 N–H and O–H groups in total. The highest BCUT2D eigenvalue weighted by molar-refractivity contribution is 5.95. The van der Waals surface area contributed by atoms with E-state index in [0.717, 1.165) is 27.1 Å². The Morgan fingerprint density at radius 2 is 1.63 bits per heavy atom. The highest BCUT2D eigenvalue weighted by Gasteiger charge is 2.22.